The van der Waals surface area contributed by atoms with Crippen LogP contribution in [0.15, 0.2) is 29.3 Å². The summed E-state index contributed by atoms with van der Waals surface area (Å²) in [6.07, 6.45) is -0.491. The molecule has 3 unspecified atom stereocenters. The molecule has 12 N–H and O–H groups in total. The zero-order valence-corrected chi connectivity index (χ0v) is 19.3. The number of phenols is 1. The summed E-state index contributed by atoms with van der Waals surface area (Å²) in [5, 5.41) is 33.9. The SMILES string of the molecule is NC(N)=NCCCC(NC(=O)C(N)Cc1ccc(O)cc1)C(=O)NC(CC(=O)O)C(=O)NCC(=O)O. The molecular weight excluding hydrogens is 478 g/mol. The Morgan fingerprint density at radius 2 is 1.50 bits per heavy atom. The van der Waals surface area contributed by atoms with Gasteiger partial charge in [0.1, 0.15) is 24.4 Å². The number of carbonyl (C=O) groups is 5. The summed E-state index contributed by atoms with van der Waals surface area (Å²) >= 11 is 0. The monoisotopic (exact) mass is 509 g/mol. The highest BCUT2D eigenvalue weighted by molar-refractivity contribution is 5.95. The van der Waals surface area contributed by atoms with Gasteiger partial charge in [0.05, 0.1) is 12.5 Å². The van der Waals surface area contributed by atoms with Gasteiger partial charge < -0.3 is 48.5 Å². The molecule has 198 valence electrons. The van der Waals surface area contributed by atoms with Crippen LogP contribution in [0.3, 0.4) is 0 Å². The minimum atomic E-state index is -1.60. The Balaban J connectivity index is 2.94. The lowest BCUT2D eigenvalue weighted by Gasteiger charge is -2.23. The van der Waals surface area contributed by atoms with Gasteiger partial charge in [-0.2, -0.15) is 0 Å². The summed E-state index contributed by atoms with van der Waals surface area (Å²) in [6.45, 7) is -0.658. The summed E-state index contributed by atoms with van der Waals surface area (Å²) in [5.41, 5.74) is 17.2. The Hall–Kier alpha value is -4.40. The fourth-order valence-corrected chi connectivity index (χ4v) is 2.97. The molecule has 0 aliphatic heterocycles. The molecule has 0 bridgehead atoms. The Morgan fingerprint density at radius 1 is 0.889 bits per heavy atom. The van der Waals surface area contributed by atoms with Gasteiger partial charge in [0.25, 0.3) is 0 Å². The molecule has 1 rings (SSSR count). The van der Waals surface area contributed by atoms with Gasteiger partial charge in [-0.15, -0.1) is 0 Å². The second kappa shape index (κ2) is 14.8. The van der Waals surface area contributed by atoms with Gasteiger partial charge in [-0.3, -0.25) is 29.0 Å². The highest BCUT2D eigenvalue weighted by Crippen LogP contribution is 2.11. The number of amides is 3. The van der Waals surface area contributed by atoms with E-state index >= 15 is 0 Å². The van der Waals surface area contributed by atoms with E-state index in [0.29, 0.717) is 5.56 Å². The van der Waals surface area contributed by atoms with Crippen LogP contribution in [0.5, 0.6) is 5.75 Å². The van der Waals surface area contributed by atoms with Crippen molar-refractivity contribution in [3.05, 3.63) is 29.8 Å². The number of phenolic OH excluding ortho intramolecular Hbond substituents is 1. The molecule has 0 fully saturated rings. The maximum Gasteiger partial charge on any atom is 0.322 e. The number of nitrogens with zero attached hydrogens (tertiary/aromatic N) is 1. The molecule has 0 aliphatic rings. The number of nitrogens with two attached hydrogens (primary N) is 3. The summed E-state index contributed by atoms with van der Waals surface area (Å²) < 4.78 is 0. The third kappa shape index (κ3) is 11.6. The van der Waals surface area contributed by atoms with Crippen molar-refractivity contribution in [2.45, 2.75) is 43.8 Å². The van der Waals surface area contributed by atoms with Crippen molar-refractivity contribution < 1.29 is 39.3 Å². The van der Waals surface area contributed by atoms with Crippen LogP contribution in [0.4, 0.5) is 0 Å². The number of carboxylic acid groups (broad SMARTS) is 2. The molecule has 15 nitrogen and oxygen atoms in total. The van der Waals surface area contributed by atoms with E-state index in [4.69, 9.17) is 27.4 Å². The molecule has 15 heteroatoms. The molecule has 3 amide bonds. The first-order chi connectivity index (χ1) is 16.9. The van der Waals surface area contributed by atoms with Gasteiger partial charge in [-0.05, 0) is 37.0 Å². The Bertz CT molecular complexity index is 964. The van der Waals surface area contributed by atoms with Crippen LogP contribution in [0, 0.1) is 0 Å². The number of rotatable bonds is 15. The number of hydrogen-bond acceptors (Lipinski definition) is 8. The average Bonchev–Trinajstić information content (AvgIpc) is 2.79. The van der Waals surface area contributed by atoms with Gasteiger partial charge >= 0.3 is 11.9 Å². The first-order valence-corrected chi connectivity index (χ1v) is 10.8. The lowest BCUT2D eigenvalue weighted by molar-refractivity contribution is -0.141. The normalized spacial score (nSPS) is 12.9. The van der Waals surface area contributed by atoms with Crippen molar-refractivity contribution in [2.24, 2.45) is 22.2 Å². The summed E-state index contributed by atoms with van der Waals surface area (Å²) in [6, 6.07) is 2.10. The van der Waals surface area contributed by atoms with Gasteiger partial charge in [0, 0.05) is 6.54 Å². The molecule has 0 saturated heterocycles. The molecule has 3 atom stereocenters. The molecule has 0 aromatic heterocycles. The van der Waals surface area contributed by atoms with Crippen molar-refractivity contribution in [3.8, 4) is 5.75 Å². The highest BCUT2D eigenvalue weighted by Gasteiger charge is 2.29. The number of hydrogen-bond donors (Lipinski definition) is 9. The first-order valence-electron chi connectivity index (χ1n) is 10.8. The van der Waals surface area contributed by atoms with E-state index in [9.17, 15) is 29.1 Å². The Labute approximate surface area is 206 Å². The maximum absolute atomic E-state index is 12.9. The van der Waals surface area contributed by atoms with Crippen LogP contribution < -0.4 is 33.2 Å². The third-order valence-electron chi connectivity index (χ3n) is 4.73. The lowest BCUT2D eigenvalue weighted by atomic mass is 10.0. The number of aliphatic imine (C=N–C) groups is 1. The second-order valence-electron chi connectivity index (χ2n) is 7.76. The van der Waals surface area contributed by atoms with Crippen molar-refractivity contribution in [1.82, 2.24) is 16.0 Å². The summed E-state index contributed by atoms with van der Waals surface area (Å²) in [4.78, 5) is 63.4. The molecule has 36 heavy (non-hydrogen) atoms. The van der Waals surface area contributed by atoms with Gasteiger partial charge in [0.15, 0.2) is 5.96 Å². The molecule has 0 spiro atoms. The van der Waals surface area contributed by atoms with E-state index in [1.54, 1.807) is 12.1 Å². The molecule has 1 aromatic carbocycles. The van der Waals surface area contributed by atoms with Crippen LogP contribution in [0.1, 0.15) is 24.8 Å². The largest absolute Gasteiger partial charge is 0.508 e. The van der Waals surface area contributed by atoms with E-state index < -0.39 is 60.8 Å². The molecular formula is C21H31N7O8. The molecule has 0 aliphatic carbocycles. The first kappa shape index (κ1) is 29.6. The van der Waals surface area contributed by atoms with Crippen LogP contribution >= 0.6 is 0 Å². The van der Waals surface area contributed by atoms with E-state index in [1.165, 1.54) is 12.1 Å². The topological polar surface area (TPSA) is 273 Å². The summed E-state index contributed by atoms with van der Waals surface area (Å²) in [7, 11) is 0. The molecule has 1 aromatic rings. The van der Waals surface area contributed by atoms with Crippen LogP contribution in [0.2, 0.25) is 0 Å². The van der Waals surface area contributed by atoms with Gasteiger partial charge in [-0.1, -0.05) is 12.1 Å². The van der Waals surface area contributed by atoms with E-state index in [0.717, 1.165) is 0 Å². The Morgan fingerprint density at radius 3 is 2.06 bits per heavy atom. The van der Waals surface area contributed by atoms with Crippen molar-refractivity contribution in [1.29, 1.82) is 0 Å². The Kier molecular flexibility index (Phi) is 12.2. The number of aliphatic carboxylic acids is 2. The van der Waals surface area contributed by atoms with Gasteiger partial charge in [-0.25, -0.2) is 0 Å². The lowest BCUT2D eigenvalue weighted by Crippen LogP contribution is -2.56. The predicted octanol–water partition coefficient (Wildman–Crippen LogP) is -3.04. The highest BCUT2D eigenvalue weighted by atomic mass is 16.4. The molecule has 0 saturated carbocycles. The fourth-order valence-electron chi connectivity index (χ4n) is 2.97. The van der Waals surface area contributed by atoms with Crippen molar-refractivity contribution >= 4 is 35.6 Å². The quantitative estimate of drug-likeness (QED) is 0.0651. The number of nitrogens with one attached hydrogen (secondary N) is 3. The predicted molar refractivity (Wildman–Crippen MR) is 126 cm³/mol. The van der Waals surface area contributed by atoms with E-state index in [1.807, 2.05) is 5.32 Å². The maximum atomic E-state index is 12.9. The fraction of sp³-hybridized carbons (Fsp3) is 0.429. The van der Waals surface area contributed by atoms with Gasteiger partial charge in [0.2, 0.25) is 17.7 Å². The van der Waals surface area contributed by atoms with E-state index in [2.05, 4.69) is 15.6 Å². The molecule has 0 heterocycles. The van der Waals surface area contributed by atoms with Crippen LogP contribution in [0.25, 0.3) is 0 Å². The van der Waals surface area contributed by atoms with E-state index in [-0.39, 0.29) is 37.5 Å². The number of aromatic hydroxyl groups is 1. The minimum absolute atomic E-state index is 0.0107. The number of carbonyl (C=O) groups excluding carboxylic acids is 3. The number of benzene rings is 1. The van der Waals surface area contributed by atoms with Crippen LogP contribution in [-0.2, 0) is 30.4 Å². The third-order valence-corrected chi connectivity index (χ3v) is 4.73. The summed E-state index contributed by atoms with van der Waals surface area (Å²) in [5.74, 6) is -5.53. The minimum Gasteiger partial charge on any atom is -0.508 e. The zero-order valence-electron chi connectivity index (χ0n) is 19.3. The second-order valence-corrected chi connectivity index (χ2v) is 7.76. The zero-order chi connectivity index (χ0) is 27.3. The van der Waals surface area contributed by atoms with Crippen molar-refractivity contribution in [3.63, 3.8) is 0 Å². The van der Waals surface area contributed by atoms with Crippen LogP contribution in [-0.4, -0.2) is 82.2 Å². The average molecular weight is 510 g/mol. The van der Waals surface area contributed by atoms with Crippen molar-refractivity contribution in [2.75, 3.05) is 13.1 Å². The standard InChI is InChI=1S/C21H31N7O8/c22-13(8-11-3-5-12(29)6-4-11)18(34)27-14(2-1-7-25-21(23)24)20(36)28-15(9-16(30)31)19(35)26-10-17(32)33/h3-6,13-15,29H,1-2,7-10,22H2,(H,26,35)(H,27,34)(H,28,36)(H,30,31)(H,32,33)(H4,23,24,25). The smallest absolute Gasteiger partial charge is 0.322 e. The number of carboxylic acids is 2. The number of guanidine groups is 1. The molecule has 0 radical (unpaired) electrons.